The van der Waals surface area contributed by atoms with Crippen LogP contribution in [0.2, 0.25) is 0 Å². The molecule has 1 aromatic carbocycles. The van der Waals surface area contributed by atoms with E-state index in [4.69, 9.17) is 11.5 Å². The van der Waals surface area contributed by atoms with Gasteiger partial charge in [0.1, 0.15) is 11.6 Å². The lowest BCUT2D eigenvalue weighted by molar-refractivity contribution is -0.118. The average molecular weight is 344 g/mol. The molecule has 0 fully saturated rings. The van der Waals surface area contributed by atoms with E-state index in [-0.39, 0.29) is 17.3 Å². The summed E-state index contributed by atoms with van der Waals surface area (Å²) in [5, 5.41) is 5.63. The van der Waals surface area contributed by atoms with Crippen LogP contribution < -0.4 is 27.7 Å². The molecule has 1 heterocycles. The summed E-state index contributed by atoms with van der Waals surface area (Å²) in [6.07, 6.45) is 0.400. The van der Waals surface area contributed by atoms with E-state index in [2.05, 4.69) is 20.6 Å². The predicted molar refractivity (Wildman–Crippen MR) is 94.7 cm³/mol. The summed E-state index contributed by atoms with van der Waals surface area (Å²) in [4.78, 5) is 41.7. The number of nitrogens with two attached hydrogens (primary N) is 2. The molecule has 0 saturated heterocycles. The molecule has 0 bridgehead atoms. The number of nitrogens with one attached hydrogen (secondary N) is 3. The van der Waals surface area contributed by atoms with Crippen LogP contribution in [0.15, 0.2) is 29.1 Å². The number of hydrogen-bond donors (Lipinski definition) is 5. The minimum atomic E-state index is -0.920. The van der Waals surface area contributed by atoms with Crippen molar-refractivity contribution in [2.45, 2.75) is 26.3 Å². The van der Waals surface area contributed by atoms with Gasteiger partial charge in [0, 0.05) is 5.69 Å². The van der Waals surface area contributed by atoms with Crippen molar-refractivity contribution in [3.63, 3.8) is 0 Å². The van der Waals surface area contributed by atoms with E-state index in [9.17, 15) is 14.4 Å². The molecule has 0 aliphatic heterocycles. The second-order valence-corrected chi connectivity index (χ2v) is 5.50. The van der Waals surface area contributed by atoms with Crippen LogP contribution in [-0.4, -0.2) is 27.8 Å². The maximum absolute atomic E-state index is 12.2. The van der Waals surface area contributed by atoms with Gasteiger partial charge in [-0.05, 0) is 25.5 Å². The maximum Gasteiger partial charge on any atom is 0.267 e. The molecule has 0 saturated carbocycles. The molecule has 0 spiro atoms. The van der Waals surface area contributed by atoms with Crippen LogP contribution in [0.25, 0.3) is 0 Å². The minimum absolute atomic E-state index is 0.00950. The van der Waals surface area contributed by atoms with E-state index in [1.165, 1.54) is 0 Å². The van der Waals surface area contributed by atoms with Gasteiger partial charge in [0.05, 0.1) is 0 Å². The van der Waals surface area contributed by atoms with E-state index >= 15 is 0 Å². The summed E-state index contributed by atoms with van der Waals surface area (Å²) in [7, 11) is 0. The third-order valence-electron chi connectivity index (χ3n) is 3.54. The SMILES string of the molecule is CC[C@@H](Nc1nc(Nc2ccc(C)cc2)c(C(N)=O)c(=O)[nH]1)C(N)=O. The number of carbonyl (C=O) groups is 2. The Morgan fingerprint density at radius 1 is 1.24 bits per heavy atom. The highest BCUT2D eigenvalue weighted by Crippen LogP contribution is 2.18. The quantitative estimate of drug-likeness (QED) is 0.495. The largest absolute Gasteiger partial charge is 0.368 e. The number of aromatic nitrogens is 2. The van der Waals surface area contributed by atoms with E-state index in [1.54, 1.807) is 19.1 Å². The van der Waals surface area contributed by atoms with Crippen LogP contribution in [0.5, 0.6) is 0 Å². The topological polar surface area (TPSA) is 156 Å². The van der Waals surface area contributed by atoms with E-state index in [0.717, 1.165) is 5.56 Å². The van der Waals surface area contributed by atoms with Gasteiger partial charge < -0.3 is 22.1 Å². The van der Waals surface area contributed by atoms with Gasteiger partial charge in [-0.25, -0.2) is 0 Å². The molecule has 25 heavy (non-hydrogen) atoms. The zero-order valence-corrected chi connectivity index (χ0v) is 13.9. The Bertz CT molecular complexity index is 844. The number of hydrogen-bond acceptors (Lipinski definition) is 6. The predicted octanol–water partition coefficient (Wildman–Crippen LogP) is 0.597. The molecular weight excluding hydrogens is 324 g/mol. The minimum Gasteiger partial charge on any atom is -0.368 e. The zero-order valence-electron chi connectivity index (χ0n) is 13.9. The lowest BCUT2D eigenvalue weighted by Crippen LogP contribution is -2.36. The first kappa shape index (κ1) is 18.0. The van der Waals surface area contributed by atoms with Gasteiger partial charge in [-0.15, -0.1) is 0 Å². The first-order chi connectivity index (χ1) is 11.8. The Kier molecular flexibility index (Phi) is 5.38. The van der Waals surface area contributed by atoms with E-state index in [1.807, 2.05) is 19.1 Å². The summed E-state index contributed by atoms with van der Waals surface area (Å²) in [5.41, 5.74) is 11.2. The van der Waals surface area contributed by atoms with Crippen molar-refractivity contribution < 1.29 is 9.59 Å². The van der Waals surface area contributed by atoms with Crippen molar-refractivity contribution in [2.24, 2.45) is 11.5 Å². The summed E-state index contributed by atoms with van der Waals surface area (Å²) < 4.78 is 0. The number of anilines is 3. The van der Waals surface area contributed by atoms with Gasteiger partial charge in [-0.1, -0.05) is 24.6 Å². The molecule has 132 valence electrons. The Morgan fingerprint density at radius 2 is 1.88 bits per heavy atom. The van der Waals surface area contributed by atoms with Gasteiger partial charge in [0.2, 0.25) is 11.9 Å². The molecule has 2 rings (SSSR count). The molecular formula is C16H20N6O3. The highest BCUT2D eigenvalue weighted by atomic mass is 16.2. The standard InChI is InChI=1S/C16H20N6O3/c1-3-10(12(17)23)20-16-21-14(11(13(18)24)15(25)22-16)19-9-6-4-8(2)5-7-9/h4-7,10H,3H2,1-2H3,(H2,17,23)(H2,18,24)(H3,19,20,21,22,25)/t10-/m1/s1. The number of benzene rings is 1. The van der Waals surface area contributed by atoms with E-state index < -0.39 is 23.4 Å². The van der Waals surface area contributed by atoms with Crippen molar-refractivity contribution in [3.8, 4) is 0 Å². The van der Waals surface area contributed by atoms with Crippen LogP contribution in [0.4, 0.5) is 17.5 Å². The van der Waals surface area contributed by atoms with Gasteiger partial charge in [-0.2, -0.15) is 4.98 Å². The van der Waals surface area contributed by atoms with Crippen LogP contribution in [0, 0.1) is 6.92 Å². The van der Waals surface area contributed by atoms with Crippen LogP contribution in [0.1, 0.15) is 29.3 Å². The third kappa shape index (κ3) is 4.34. The van der Waals surface area contributed by atoms with Gasteiger partial charge in [0.25, 0.3) is 11.5 Å². The Balaban J connectivity index is 2.44. The molecule has 0 radical (unpaired) electrons. The lowest BCUT2D eigenvalue weighted by Gasteiger charge is -2.15. The number of carbonyl (C=O) groups excluding carboxylic acids is 2. The zero-order chi connectivity index (χ0) is 18.6. The summed E-state index contributed by atoms with van der Waals surface area (Å²) >= 11 is 0. The monoisotopic (exact) mass is 344 g/mol. The van der Waals surface area contributed by atoms with Crippen LogP contribution in [0.3, 0.4) is 0 Å². The summed E-state index contributed by atoms with van der Waals surface area (Å²) in [5.74, 6) is -1.51. The smallest absolute Gasteiger partial charge is 0.267 e. The van der Waals surface area contributed by atoms with Gasteiger partial charge in [-0.3, -0.25) is 19.4 Å². The second kappa shape index (κ2) is 7.47. The molecule has 1 aromatic heterocycles. The van der Waals surface area contributed by atoms with Crippen molar-refractivity contribution in [1.29, 1.82) is 0 Å². The number of primary amides is 2. The molecule has 0 aliphatic rings. The molecule has 0 unspecified atom stereocenters. The molecule has 2 aromatic rings. The molecule has 1 atom stereocenters. The highest BCUT2D eigenvalue weighted by molar-refractivity contribution is 5.98. The third-order valence-corrected chi connectivity index (χ3v) is 3.54. The maximum atomic E-state index is 12.2. The number of nitrogens with zero attached hydrogens (tertiary/aromatic N) is 1. The lowest BCUT2D eigenvalue weighted by atomic mass is 10.2. The number of aryl methyl sites for hydroxylation is 1. The summed E-state index contributed by atoms with van der Waals surface area (Å²) in [6.45, 7) is 3.69. The second-order valence-electron chi connectivity index (χ2n) is 5.50. The van der Waals surface area contributed by atoms with Gasteiger partial charge >= 0.3 is 0 Å². The number of H-pyrrole nitrogens is 1. The normalized spacial score (nSPS) is 11.6. The number of aromatic amines is 1. The fraction of sp³-hybridized carbons (Fsp3) is 0.250. The summed E-state index contributed by atoms with van der Waals surface area (Å²) in [6, 6.07) is 6.55. The van der Waals surface area contributed by atoms with Crippen molar-refractivity contribution in [2.75, 3.05) is 10.6 Å². The average Bonchev–Trinajstić information content (AvgIpc) is 2.53. The molecule has 9 heteroatoms. The fourth-order valence-corrected chi connectivity index (χ4v) is 2.17. The van der Waals surface area contributed by atoms with Crippen LogP contribution >= 0.6 is 0 Å². The van der Waals surface area contributed by atoms with Crippen LogP contribution in [-0.2, 0) is 4.79 Å². The van der Waals surface area contributed by atoms with Gasteiger partial charge in [0.15, 0.2) is 5.82 Å². The Labute approximate surface area is 143 Å². The molecule has 7 N–H and O–H groups in total. The first-order valence-electron chi connectivity index (χ1n) is 7.65. The number of rotatable bonds is 7. The Morgan fingerprint density at radius 3 is 2.40 bits per heavy atom. The molecule has 9 nitrogen and oxygen atoms in total. The van der Waals surface area contributed by atoms with Crippen molar-refractivity contribution >= 4 is 29.3 Å². The van der Waals surface area contributed by atoms with E-state index in [0.29, 0.717) is 12.1 Å². The van der Waals surface area contributed by atoms with Crippen molar-refractivity contribution in [3.05, 3.63) is 45.7 Å². The molecule has 2 amide bonds. The number of amides is 2. The first-order valence-corrected chi connectivity index (χ1v) is 7.65. The van der Waals surface area contributed by atoms with Crippen molar-refractivity contribution in [1.82, 2.24) is 9.97 Å². The highest BCUT2D eigenvalue weighted by Gasteiger charge is 2.19. The molecule has 0 aliphatic carbocycles. The Hall–Kier alpha value is -3.36. The fourth-order valence-electron chi connectivity index (χ4n) is 2.17.